The standard InChI is InChI=1S/C27H24F3N3O4/c28-19-11-23-32-24-21(34)14-36-26(17-3-1-2-4-22(17)37-27(29)30)25(24)33(23)13-18(19)16-5-6-20(31-12-16)15-7-9-35-10-8-15/h1-6,11-13,15,21,26-27,34H,7-10,14H2/t21-,26-/m0/s1. The summed E-state index contributed by atoms with van der Waals surface area (Å²) in [6.45, 7) is -1.72. The minimum absolute atomic E-state index is 0.0463. The zero-order valence-corrected chi connectivity index (χ0v) is 19.7. The number of halogens is 3. The van der Waals surface area contributed by atoms with Crippen molar-refractivity contribution >= 4 is 5.65 Å². The minimum Gasteiger partial charge on any atom is -0.434 e. The molecule has 192 valence electrons. The number of pyridine rings is 2. The second kappa shape index (κ2) is 9.77. The van der Waals surface area contributed by atoms with E-state index < -0.39 is 24.6 Å². The number of fused-ring (bicyclic) bond motifs is 3. The summed E-state index contributed by atoms with van der Waals surface area (Å²) in [5.41, 5.74) is 3.15. The van der Waals surface area contributed by atoms with E-state index in [-0.39, 0.29) is 23.6 Å². The number of ether oxygens (including phenoxy) is 3. The van der Waals surface area contributed by atoms with Crippen LogP contribution in [0.2, 0.25) is 0 Å². The Kier molecular flexibility index (Phi) is 6.31. The highest BCUT2D eigenvalue weighted by Crippen LogP contribution is 2.41. The first kappa shape index (κ1) is 23.9. The molecule has 10 heteroatoms. The molecule has 6 rings (SSSR count). The van der Waals surface area contributed by atoms with E-state index in [1.807, 2.05) is 12.1 Å². The Hall–Kier alpha value is -3.47. The summed E-state index contributed by atoms with van der Waals surface area (Å²) in [5.74, 6) is -0.232. The topological polar surface area (TPSA) is 78.1 Å². The van der Waals surface area contributed by atoms with E-state index >= 15 is 4.39 Å². The highest BCUT2D eigenvalue weighted by molar-refractivity contribution is 5.66. The molecular weight excluding hydrogens is 487 g/mol. The number of hydrogen-bond acceptors (Lipinski definition) is 6. The highest BCUT2D eigenvalue weighted by Gasteiger charge is 2.35. The Bertz CT molecular complexity index is 1420. The van der Waals surface area contributed by atoms with Gasteiger partial charge in [-0.2, -0.15) is 8.78 Å². The zero-order valence-electron chi connectivity index (χ0n) is 19.7. The summed E-state index contributed by atoms with van der Waals surface area (Å²) >= 11 is 0. The Labute approximate surface area is 210 Å². The monoisotopic (exact) mass is 511 g/mol. The van der Waals surface area contributed by atoms with E-state index in [9.17, 15) is 13.9 Å². The lowest BCUT2D eigenvalue weighted by molar-refractivity contribution is -0.0548. The van der Waals surface area contributed by atoms with Crippen molar-refractivity contribution in [3.63, 3.8) is 0 Å². The number of nitrogens with zero attached hydrogens (tertiary/aromatic N) is 3. The SMILES string of the molecule is O[C@H]1CO[C@@H](c2ccccc2OC(F)F)c2c1nc1cc(F)c(-c3ccc(C4CCOCC4)nc3)cn21. The molecule has 7 nitrogen and oxygen atoms in total. The van der Waals surface area contributed by atoms with Gasteiger partial charge in [0.2, 0.25) is 0 Å². The lowest BCUT2D eigenvalue weighted by Gasteiger charge is -2.28. The van der Waals surface area contributed by atoms with Crippen molar-refractivity contribution in [3.8, 4) is 16.9 Å². The van der Waals surface area contributed by atoms with E-state index in [0.717, 1.165) is 18.5 Å². The third kappa shape index (κ3) is 4.45. The van der Waals surface area contributed by atoms with Gasteiger partial charge in [0.15, 0.2) is 0 Å². The van der Waals surface area contributed by atoms with Crippen LogP contribution in [0.25, 0.3) is 16.8 Å². The smallest absolute Gasteiger partial charge is 0.387 e. The van der Waals surface area contributed by atoms with Crippen LogP contribution in [-0.2, 0) is 9.47 Å². The summed E-state index contributed by atoms with van der Waals surface area (Å²) in [6, 6.07) is 11.3. The van der Waals surface area contributed by atoms with Crippen molar-refractivity contribution in [2.45, 2.75) is 37.6 Å². The quantitative estimate of drug-likeness (QED) is 0.398. The van der Waals surface area contributed by atoms with Gasteiger partial charge in [-0.05, 0) is 25.0 Å². The van der Waals surface area contributed by atoms with E-state index in [4.69, 9.17) is 14.2 Å². The van der Waals surface area contributed by atoms with E-state index in [2.05, 4.69) is 9.97 Å². The molecule has 0 bridgehead atoms. The maximum atomic E-state index is 15.3. The molecule has 3 aromatic heterocycles. The van der Waals surface area contributed by atoms with E-state index in [1.165, 1.54) is 12.1 Å². The van der Waals surface area contributed by atoms with Crippen molar-refractivity contribution in [3.05, 3.63) is 83.3 Å². The van der Waals surface area contributed by atoms with Crippen molar-refractivity contribution in [1.82, 2.24) is 14.4 Å². The number of benzene rings is 1. The van der Waals surface area contributed by atoms with E-state index in [1.54, 1.807) is 35.0 Å². The fourth-order valence-electron chi connectivity index (χ4n) is 5.10. The lowest BCUT2D eigenvalue weighted by atomic mass is 9.95. The van der Waals surface area contributed by atoms with Gasteiger partial charge in [-0.15, -0.1) is 0 Å². The third-order valence-corrected chi connectivity index (χ3v) is 6.91. The normalized spacial score (nSPS) is 20.4. The molecule has 37 heavy (non-hydrogen) atoms. The van der Waals surface area contributed by atoms with Gasteiger partial charge in [-0.25, -0.2) is 9.37 Å². The molecule has 0 unspecified atom stereocenters. The maximum Gasteiger partial charge on any atom is 0.387 e. The molecule has 0 amide bonds. The minimum atomic E-state index is -3.02. The summed E-state index contributed by atoms with van der Waals surface area (Å²) in [7, 11) is 0. The van der Waals surface area contributed by atoms with Gasteiger partial charge < -0.3 is 19.3 Å². The zero-order chi connectivity index (χ0) is 25.5. The first-order valence-corrected chi connectivity index (χ1v) is 12.1. The van der Waals surface area contributed by atoms with Gasteiger partial charge in [0, 0.05) is 60.0 Å². The summed E-state index contributed by atoms with van der Waals surface area (Å²) in [5, 5.41) is 10.6. The Morgan fingerprint density at radius 3 is 2.68 bits per heavy atom. The molecule has 2 aliphatic rings. The molecule has 0 saturated carbocycles. The number of para-hydroxylation sites is 1. The van der Waals surface area contributed by atoms with Crippen LogP contribution in [0, 0.1) is 5.82 Å². The summed E-state index contributed by atoms with van der Waals surface area (Å²) in [4.78, 5) is 9.04. The molecule has 5 heterocycles. The predicted octanol–water partition coefficient (Wildman–Crippen LogP) is 5.18. The molecule has 2 atom stereocenters. The lowest BCUT2D eigenvalue weighted by Crippen LogP contribution is -2.23. The fraction of sp³-hybridized carbons (Fsp3) is 0.333. The van der Waals surface area contributed by atoms with Gasteiger partial charge in [0.1, 0.15) is 29.4 Å². The average molecular weight is 512 g/mol. The van der Waals surface area contributed by atoms with Crippen LogP contribution in [0.5, 0.6) is 5.75 Å². The average Bonchev–Trinajstić information content (AvgIpc) is 3.28. The highest BCUT2D eigenvalue weighted by atomic mass is 19.3. The van der Waals surface area contributed by atoms with Crippen molar-refractivity contribution in [2.75, 3.05) is 19.8 Å². The maximum absolute atomic E-state index is 15.3. The van der Waals surface area contributed by atoms with Crippen LogP contribution in [-0.4, -0.2) is 45.9 Å². The molecule has 4 aromatic rings. The third-order valence-electron chi connectivity index (χ3n) is 6.91. The van der Waals surface area contributed by atoms with Gasteiger partial charge in [0.05, 0.1) is 18.0 Å². The van der Waals surface area contributed by atoms with Crippen LogP contribution in [0.4, 0.5) is 13.2 Å². The fourth-order valence-corrected chi connectivity index (χ4v) is 5.10. The second-order valence-electron chi connectivity index (χ2n) is 9.15. The summed E-state index contributed by atoms with van der Waals surface area (Å²) < 4.78 is 59.1. The van der Waals surface area contributed by atoms with E-state index in [0.29, 0.717) is 41.6 Å². The van der Waals surface area contributed by atoms with Crippen LogP contribution in [0.3, 0.4) is 0 Å². The van der Waals surface area contributed by atoms with Crippen LogP contribution >= 0.6 is 0 Å². The second-order valence-corrected chi connectivity index (χ2v) is 9.15. The number of aromatic nitrogens is 3. The van der Waals surface area contributed by atoms with Gasteiger partial charge in [-0.1, -0.05) is 24.3 Å². The number of alkyl halides is 2. The molecular formula is C27H24F3N3O4. The molecule has 0 aliphatic carbocycles. The number of imidazole rings is 1. The van der Waals surface area contributed by atoms with Crippen molar-refractivity contribution < 1.29 is 32.5 Å². The Morgan fingerprint density at radius 1 is 1.11 bits per heavy atom. The van der Waals surface area contributed by atoms with Gasteiger partial charge >= 0.3 is 6.61 Å². The molecule has 1 saturated heterocycles. The number of aliphatic hydroxyl groups excluding tert-OH is 1. The molecule has 1 fully saturated rings. The van der Waals surface area contributed by atoms with Crippen molar-refractivity contribution in [1.29, 1.82) is 0 Å². The Balaban J connectivity index is 1.44. The first-order chi connectivity index (χ1) is 18.0. The number of hydrogen-bond donors (Lipinski definition) is 1. The van der Waals surface area contributed by atoms with Crippen LogP contribution in [0.1, 0.15) is 53.6 Å². The molecule has 0 radical (unpaired) electrons. The number of rotatable bonds is 5. The first-order valence-electron chi connectivity index (χ1n) is 12.1. The van der Waals surface area contributed by atoms with Gasteiger partial charge in [-0.3, -0.25) is 9.38 Å². The number of aliphatic hydroxyl groups is 1. The van der Waals surface area contributed by atoms with Crippen LogP contribution < -0.4 is 4.74 Å². The Morgan fingerprint density at radius 2 is 1.92 bits per heavy atom. The molecule has 2 aliphatic heterocycles. The molecule has 1 N–H and O–H groups in total. The van der Waals surface area contributed by atoms with Gasteiger partial charge in [0.25, 0.3) is 0 Å². The molecule has 1 aromatic carbocycles. The molecule has 0 spiro atoms. The predicted molar refractivity (Wildman–Crippen MR) is 127 cm³/mol. The largest absolute Gasteiger partial charge is 0.434 e. The summed E-state index contributed by atoms with van der Waals surface area (Å²) in [6.07, 6.45) is 3.10. The van der Waals surface area contributed by atoms with Crippen molar-refractivity contribution in [2.24, 2.45) is 0 Å². The van der Waals surface area contributed by atoms with Crippen LogP contribution in [0.15, 0.2) is 54.9 Å².